The minimum atomic E-state index is -0.394. The van der Waals surface area contributed by atoms with Crippen molar-refractivity contribution in [2.24, 2.45) is 5.73 Å². The number of hydrogen-bond acceptors (Lipinski definition) is 5. The summed E-state index contributed by atoms with van der Waals surface area (Å²) in [4.78, 5) is 12.4. The molecular formula is C17H25ClN2O4. The summed E-state index contributed by atoms with van der Waals surface area (Å²) in [6, 6.07) is 5.75. The van der Waals surface area contributed by atoms with Crippen LogP contribution in [0.4, 0.5) is 0 Å². The van der Waals surface area contributed by atoms with Crippen molar-refractivity contribution in [2.45, 2.75) is 44.4 Å². The van der Waals surface area contributed by atoms with Crippen molar-refractivity contribution in [3.63, 3.8) is 0 Å². The maximum Gasteiger partial charge on any atom is 0.249 e. The van der Waals surface area contributed by atoms with Crippen molar-refractivity contribution in [2.75, 3.05) is 19.8 Å². The molecule has 1 saturated heterocycles. The smallest absolute Gasteiger partial charge is 0.249 e. The molecule has 0 saturated carbocycles. The molecule has 0 bridgehead atoms. The Morgan fingerprint density at radius 2 is 2.04 bits per heavy atom. The van der Waals surface area contributed by atoms with E-state index in [9.17, 15) is 4.79 Å². The third kappa shape index (κ3) is 4.12. The summed E-state index contributed by atoms with van der Waals surface area (Å²) in [6.45, 7) is 3.63. The normalized spacial score (nSPS) is 23.2. The number of hydrogen-bond donors (Lipinski definition) is 2. The summed E-state index contributed by atoms with van der Waals surface area (Å²) in [6.07, 6.45) is 1.97. The molecule has 1 aromatic rings. The van der Waals surface area contributed by atoms with Crippen molar-refractivity contribution in [1.29, 1.82) is 0 Å². The van der Waals surface area contributed by atoms with Crippen LogP contribution in [-0.2, 0) is 9.53 Å². The zero-order valence-electron chi connectivity index (χ0n) is 13.8. The molecule has 0 aromatic heterocycles. The molecule has 3 rings (SSSR count). The first kappa shape index (κ1) is 18.8. The zero-order valence-corrected chi connectivity index (χ0v) is 14.6. The lowest BCUT2D eigenvalue weighted by atomic mass is 10.0. The third-order valence-electron chi connectivity index (χ3n) is 4.36. The van der Waals surface area contributed by atoms with E-state index >= 15 is 0 Å². The molecule has 2 heterocycles. The van der Waals surface area contributed by atoms with Gasteiger partial charge in [-0.25, -0.2) is 0 Å². The quantitative estimate of drug-likeness (QED) is 0.842. The number of ether oxygens (including phenoxy) is 3. The Labute approximate surface area is 148 Å². The highest BCUT2D eigenvalue weighted by molar-refractivity contribution is 5.85. The Hall–Kier alpha value is -1.50. The molecule has 134 valence electrons. The highest BCUT2D eigenvalue weighted by atomic mass is 35.5. The summed E-state index contributed by atoms with van der Waals surface area (Å²) in [5.74, 6) is 1.43. The monoisotopic (exact) mass is 356 g/mol. The predicted octanol–water partition coefficient (Wildman–Crippen LogP) is 1.95. The van der Waals surface area contributed by atoms with Crippen molar-refractivity contribution < 1.29 is 19.0 Å². The van der Waals surface area contributed by atoms with E-state index in [-0.39, 0.29) is 30.5 Å². The first-order valence-electron chi connectivity index (χ1n) is 8.26. The van der Waals surface area contributed by atoms with Crippen molar-refractivity contribution >= 4 is 18.3 Å². The van der Waals surface area contributed by atoms with E-state index in [4.69, 9.17) is 19.9 Å². The second kappa shape index (κ2) is 8.55. The standard InChI is InChI=1S/C17H24N2O4.ClH/c1-2-13(19-17(20)15-6-4-12(10-18)23-15)11-3-5-14-16(9-11)22-8-7-21-14;/h3,5,9,12-13,15H,2,4,6-8,10,18H2,1H3,(H,19,20);1H/t12-,13?,15+;/m1./s1. The Kier molecular flexibility index (Phi) is 6.71. The molecule has 6 nitrogen and oxygen atoms in total. The van der Waals surface area contributed by atoms with E-state index in [0.717, 1.165) is 36.3 Å². The number of halogens is 1. The summed E-state index contributed by atoms with van der Waals surface area (Å²) >= 11 is 0. The summed E-state index contributed by atoms with van der Waals surface area (Å²) in [5.41, 5.74) is 6.61. The molecule has 1 aromatic carbocycles. The SMILES string of the molecule is CCC(NC(=O)[C@@H]1CC[C@H](CN)O1)c1ccc2c(c1)OCCO2.Cl. The van der Waals surface area contributed by atoms with Gasteiger partial charge in [0.2, 0.25) is 5.91 Å². The first-order valence-corrected chi connectivity index (χ1v) is 8.26. The molecule has 1 amide bonds. The molecule has 1 fully saturated rings. The van der Waals surface area contributed by atoms with Gasteiger partial charge in [0, 0.05) is 6.54 Å². The fraction of sp³-hybridized carbons (Fsp3) is 0.588. The van der Waals surface area contributed by atoms with Crippen LogP contribution in [-0.4, -0.2) is 37.9 Å². The number of benzene rings is 1. The van der Waals surface area contributed by atoms with Crippen LogP contribution in [0, 0.1) is 0 Å². The number of nitrogens with one attached hydrogen (secondary N) is 1. The third-order valence-corrected chi connectivity index (χ3v) is 4.36. The first-order chi connectivity index (χ1) is 11.2. The Balaban J connectivity index is 0.00000208. The van der Waals surface area contributed by atoms with Gasteiger partial charge in [0.25, 0.3) is 0 Å². The lowest BCUT2D eigenvalue weighted by molar-refractivity contribution is -0.132. The van der Waals surface area contributed by atoms with E-state index in [0.29, 0.717) is 19.8 Å². The summed E-state index contributed by atoms with van der Waals surface area (Å²) in [7, 11) is 0. The van der Waals surface area contributed by atoms with Gasteiger partial charge in [0.15, 0.2) is 11.5 Å². The van der Waals surface area contributed by atoms with Crippen LogP contribution in [0.1, 0.15) is 37.8 Å². The Bertz CT molecular complexity index is 570. The zero-order chi connectivity index (χ0) is 16.2. The molecule has 0 aliphatic carbocycles. The number of amides is 1. The van der Waals surface area contributed by atoms with Crippen molar-refractivity contribution in [1.82, 2.24) is 5.32 Å². The molecule has 7 heteroatoms. The number of carbonyl (C=O) groups is 1. The fourth-order valence-corrected chi connectivity index (χ4v) is 3.03. The molecule has 3 atom stereocenters. The minimum Gasteiger partial charge on any atom is -0.486 e. The summed E-state index contributed by atoms with van der Waals surface area (Å²) < 4.78 is 16.8. The average molecular weight is 357 g/mol. The van der Waals surface area contributed by atoms with Crippen LogP contribution in [0.3, 0.4) is 0 Å². The molecule has 1 unspecified atom stereocenters. The molecule has 24 heavy (non-hydrogen) atoms. The second-order valence-corrected chi connectivity index (χ2v) is 5.93. The van der Waals surface area contributed by atoms with Gasteiger partial charge in [-0.15, -0.1) is 12.4 Å². The van der Waals surface area contributed by atoms with Gasteiger partial charge in [0.05, 0.1) is 12.1 Å². The molecular weight excluding hydrogens is 332 g/mol. The van der Waals surface area contributed by atoms with Crippen LogP contribution in [0.15, 0.2) is 18.2 Å². The van der Waals surface area contributed by atoms with Crippen LogP contribution in [0.2, 0.25) is 0 Å². The molecule has 0 spiro atoms. The lowest BCUT2D eigenvalue weighted by Crippen LogP contribution is -2.37. The highest BCUT2D eigenvalue weighted by Gasteiger charge is 2.31. The predicted molar refractivity (Wildman–Crippen MR) is 92.8 cm³/mol. The average Bonchev–Trinajstić information content (AvgIpc) is 3.08. The number of carbonyl (C=O) groups excluding carboxylic acids is 1. The van der Waals surface area contributed by atoms with E-state index in [2.05, 4.69) is 5.32 Å². The highest BCUT2D eigenvalue weighted by Crippen LogP contribution is 2.33. The van der Waals surface area contributed by atoms with E-state index in [1.54, 1.807) is 0 Å². The van der Waals surface area contributed by atoms with Gasteiger partial charge < -0.3 is 25.3 Å². The van der Waals surface area contributed by atoms with E-state index in [1.165, 1.54) is 0 Å². The lowest BCUT2D eigenvalue weighted by Gasteiger charge is -2.23. The maximum absolute atomic E-state index is 12.4. The van der Waals surface area contributed by atoms with Gasteiger partial charge in [-0.1, -0.05) is 13.0 Å². The molecule has 0 radical (unpaired) electrons. The Morgan fingerprint density at radius 1 is 1.29 bits per heavy atom. The Morgan fingerprint density at radius 3 is 2.71 bits per heavy atom. The van der Waals surface area contributed by atoms with Gasteiger partial charge in [-0.05, 0) is 37.0 Å². The van der Waals surface area contributed by atoms with Crippen molar-refractivity contribution in [3.05, 3.63) is 23.8 Å². The maximum atomic E-state index is 12.4. The second-order valence-electron chi connectivity index (χ2n) is 5.93. The fourth-order valence-electron chi connectivity index (χ4n) is 3.03. The van der Waals surface area contributed by atoms with Gasteiger partial charge in [-0.3, -0.25) is 4.79 Å². The molecule has 2 aliphatic heterocycles. The van der Waals surface area contributed by atoms with Crippen LogP contribution in [0.5, 0.6) is 11.5 Å². The molecule has 3 N–H and O–H groups in total. The minimum absolute atomic E-state index is 0. The number of fused-ring (bicyclic) bond motifs is 1. The number of nitrogens with two attached hydrogens (primary N) is 1. The van der Waals surface area contributed by atoms with Crippen LogP contribution < -0.4 is 20.5 Å². The van der Waals surface area contributed by atoms with Crippen LogP contribution >= 0.6 is 12.4 Å². The molecule has 2 aliphatic rings. The largest absolute Gasteiger partial charge is 0.486 e. The van der Waals surface area contributed by atoms with Crippen molar-refractivity contribution in [3.8, 4) is 11.5 Å². The summed E-state index contributed by atoms with van der Waals surface area (Å²) in [5, 5.41) is 3.08. The van der Waals surface area contributed by atoms with Gasteiger partial charge >= 0.3 is 0 Å². The van der Waals surface area contributed by atoms with E-state index in [1.807, 2.05) is 25.1 Å². The topological polar surface area (TPSA) is 82.8 Å². The van der Waals surface area contributed by atoms with Gasteiger partial charge in [0.1, 0.15) is 19.3 Å². The van der Waals surface area contributed by atoms with Crippen LogP contribution in [0.25, 0.3) is 0 Å². The number of rotatable bonds is 5. The van der Waals surface area contributed by atoms with E-state index < -0.39 is 6.10 Å². The van der Waals surface area contributed by atoms with Gasteiger partial charge in [-0.2, -0.15) is 0 Å².